The SMILES string of the molecule is CC(C)NC(=O)CC[C@@H](C)[C@H]1CCC2C3C(C[C@H](O)[C@@]21C)[C@@]1(C)CC[C@H](NCCCN(CCCN)CCCN)CC1C[C@H]3O. The summed E-state index contributed by atoms with van der Waals surface area (Å²) in [6.45, 7) is 16.9. The van der Waals surface area contributed by atoms with Crippen molar-refractivity contribution in [2.45, 2.75) is 136 Å². The third kappa shape index (κ3) is 7.84. The molecule has 0 spiro atoms. The summed E-state index contributed by atoms with van der Waals surface area (Å²) in [5.41, 5.74) is 11.5. The molecule has 4 aliphatic carbocycles. The number of fused-ring (bicyclic) bond motifs is 5. The molecule has 1 amide bonds. The number of amides is 1. The highest BCUT2D eigenvalue weighted by molar-refractivity contribution is 5.76. The highest BCUT2D eigenvalue weighted by atomic mass is 16.3. The Morgan fingerprint density at radius 1 is 0.932 bits per heavy atom. The smallest absolute Gasteiger partial charge is 0.220 e. The molecule has 44 heavy (non-hydrogen) atoms. The summed E-state index contributed by atoms with van der Waals surface area (Å²) in [4.78, 5) is 14.9. The Hall–Kier alpha value is -0.770. The molecule has 11 atom stereocenters. The van der Waals surface area contributed by atoms with Gasteiger partial charge in [-0.1, -0.05) is 20.8 Å². The van der Waals surface area contributed by atoms with Gasteiger partial charge in [0.2, 0.25) is 5.91 Å². The van der Waals surface area contributed by atoms with E-state index >= 15 is 0 Å². The van der Waals surface area contributed by atoms with Crippen LogP contribution in [0.1, 0.15) is 112 Å². The molecule has 0 aromatic rings. The van der Waals surface area contributed by atoms with Gasteiger partial charge < -0.3 is 37.2 Å². The molecule has 4 saturated carbocycles. The van der Waals surface area contributed by atoms with Crippen molar-refractivity contribution in [1.29, 1.82) is 0 Å². The third-order valence-corrected chi connectivity index (χ3v) is 13.3. The van der Waals surface area contributed by atoms with Crippen LogP contribution in [0.25, 0.3) is 0 Å². The Morgan fingerprint density at radius 3 is 2.27 bits per heavy atom. The van der Waals surface area contributed by atoms with E-state index in [0.717, 1.165) is 97.1 Å². The van der Waals surface area contributed by atoms with Gasteiger partial charge in [0.15, 0.2) is 0 Å². The minimum atomic E-state index is -0.340. The summed E-state index contributed by atoms with van der Waals surface area (Å²) in [6, 6.07) is 0.683. The second-order valence-corrected chi connectivity index (χ2v) is 16.2. The highest BCUT2D eigenvalue weighted by Gasteiger charge is 2.65. The minimum absolute atomic E-state index is 0.134. The lowest BCUT2D eigenvalue weighted by Gasteiger charge is -2.63. The van der Waals surface area contributed by atoms with Crippen LogP contribution in [0.3, 0.4) is 0 Å². The molecule has 0 radical (unpaired) electrons. The lowest BCUT2D eigenvalue weighted by atomic mass is 9.43. The molecule has 8 heteroatoms. The van der Waals surface area contributed by atoms with Crippen molar-refractivity contribution in [1.82, 2.24) is 15.5 Å². The van der Waals surface area contributed by atoms with E-state index < -0.39 is 0 Å². The van der Waals surface area contributed by atoms with E-state index in [1.54, 1.807) is 0 Å². The maximum atomic E-state index is 12.4. The van der Waals surface area contributed by atoms with Crippen molar-refractivity contribution in [2.75, 3.05) is 39.3 Å². The molecule has 0 bridgehead atoms. The number of nitrogens with zero attached hydrogens (tertiary/aromatic N) is 1. The zero-order valence-electron chi connectivity index (χ0n) is 28.9. The normalized spacial score (nSPS) is 39.2. The fourth-order valence-electron chi connectivity index (χ4n) is 10.9. The molecule has 0 aliphatic heterocycles. The molecule has 4 rings (SSSR count). The van der Waals surface area contributed by atoms with Gasteiger partial charge in [0.25, 0.3) is 0 Å². The van der Waals surface area contributed by atoms with Gasteiger partial charge in [-0.05, 0) is 170 Å². The zero-order chi connectivity index (χ0) is 32.1. The summed E-state index contributed by atoms with van der Waals surface area (Å²) in [7, 11) is 0. The molecule has 8 nitrogen and oxygen atoms in total. The van der Waals surface area contributed by atoms with E-state index in [0.29, 0.717) is 42.1 Å². The summed E-state index contributed by atoms with van der Waals surface area (Å²) in [6.07, 6.45) is 11.4. The summed E-state index contributed by atoms with van der Waals surface area (Å²) in [5, 5.41) is 30.7. The number of rotatable bonds is 16. The number of carbonyl (C=O) groups is 1. The Labute approximate surface area is 269 Å². The minimum Gasteiger partial charge on any atom is -0.393 e. The van der Waals surface area contributed by atoms with Gasteiger partial charge in [0.05, 0.1) is 12.2 Å². The number of aliphatic hydroxyl groups excluding tert-OH is 2. The van der Waals surface area contributed by atoms with Gasteiger partial charge in [-0.2, -0.15) is 0 Å². The van der Waals surface area contributed by atoms with Gasteiger partial charge in [0, 0.05) is 18.5 Å². The number of hydrogen-bond acceptors (Lipinski definition) is 7. The summed E-state index contributed by atoms with van der Waals surface area (Å²) in [5.74, 6) is 2.44. The average molecular weight is 620 g/mol. The van der Waals surface area contributed by atoms with Crippen molar-refractivity contribution in [3.63, 3.8) is 0 Å². The van der Waals surface area contributed by atoms with Crippen molar-refractivity contribution < 1.29 is 15.0 Å². The first-order valence-electron chi connectivity index (χ1n) is 18.5. The first-order chi connectivity index (χ1) is 20.9. The third-order valence-electron chi connectivity index (χ3n) is 13.3. The van der Waals surface area contributed by atoms with Gasteiger partial charge in [-0.3, -0.25) is 4.79 Å². The number of nitrogens with one attached hydrogen (secondary N) is 2. The second-order valence-electron chi connectivity index (χ2n) is 16.2. The van der Waals surface area contributed by atoms with Crippen LogP contribution in [0.15, 0.2) is 0 Å². The standard InChI is InChI=1S/C36H69N5O3/c1-24(2)40-33(44)12-9-25(3)28-10-11-29-34-30(23-32(43)36(28,29)5)35(4)14-13-27(21-26(35)22-31(34)42)39-17-8-20-41(18-6-15-37)19-7-16-38/h24-32,34,39,42-43H,6-23,37-38H2,1-5H3,(H,40,44)/t25-,26?,27+,28-,29?,30?,31-,32+,34?,35+,36-/m1/s1. The maximum Gasteiger partial charge on any atom is 0.220 e. The van der Waals surface area contributed by atoms with E-state index in [4.69, 9.17) is 11.5 Å². The first-order valence-corrected chi connectivity index (χ1v) is 18.5. The van der Waals surface area contributed by atoms with Crippen LogP contribution in [0, 0.1) is 46.3 Å². The van der Waals surface area contributed by atoms with Crippen molar-refractivity contribution in [3.05, 3.63) is 0 Å². The Morgan fingerprint density at radius 2 is 1.61 bits per heavy atom. The van der Waals surface area contributed by atoms with E-state index in [2.05, 4.69) is 36.3 Å². The topological polar surface area (TPSA) is 137 Å². The van der Waals surface area contributed by atoms with Gasteiger partial charge >= 0.3 is 0 Å². The molecule has 4 unspecified atom stereocenters. The largest absolute Gasteiger partial charge is 0.393 e. The molecular formula is C36H69N5O3. The number of hydrogen-bond donors (Lipinski definition) is 6. The molecule has 4 aliphatic rings. The zero-order valence-corrected chi connectivity index (χ0v) is 28.9. The molecule has 0 saturated heterocycles. The second kappa shape index (κ2) is 15.9. The number of aliphatic hydroxyl groups is 2. The summed E-state index contributed by atoms with van der Waals surface area (Å²) >= 11 is 0. The van der Waals surface area contributed by atoms with Crippen molar-refractivity contribution >= 4 is 5.91 Å². The molecular weight excluding hydrogens is 550 g/mol. The predicted molar refractivity (Wildman–Crippen MR) is 180 cm³/mol. The van der Waals surface area contributed by atoms with Crippen LogP contribution in [0.4, 0.5) is 0 Å². The molecule has 0 aromatic carbocycles. The lowest BCUT2D eigenvalue weighted by molar-refractivity contribution is -0.202. The molecule has 4 fully saturated rings. The predicted octanol–water partition coefficient (Wildman–Crippen LogP) is 3.88. The maximum absolute atomic E-state index is 12.4. The van der Waals surface area contributed by atoms with Crippen LogP contribution in [0.5, 0.6) is 0 Å². The van der Waals surface area contributed by atoms with Crippen molar-refractivity contribution in [2.24, 2.45) is 57.8 Å². The van der Waals surface area contributed by atoms with Gasteiger partial charge in [-0.25, -0.2) is 0 Å². The van der Waals surface area contributed by atoms with Crippen LogP contribution in [0.2, 0.25) is 0 Å². The molecule has 8 N–H and O–H groups in total. The first kappa shape index (κ1) is 36.1. The fraction of sp³-hybridized carbons (Fsp3) is 0.972. The van der Waals surface area contributed by atoms with E-state index in [9.17, 15) is 15.0 Å². The van der Waals surface area contributed by atoms with Gasteiger partial charge in [-0.15, -0.1) is 0 Å². The monoisotopic (exact) mass is 620 g/mol. The molecule has 0 aromatic heterocycles. The van der Waals surface area contributed by atoms with Crippen LogP contribution in [-0.2, 0) is 4.79 Å². The average Bonchev–Trinajstić information content (AvgIpc) is 3.34. The van der Waals surface area contributed by atoms with Crippen LogP contribution < -0.4 is 22.1 Å². The highest BCUT2D eigenvalue weighted by Crippen LogP contribution is 2.68. The van der Waals surface area contributed by atoms with E-state index in [1.165, 1.54) is 12.8 Å². The van der Waals surface area contributed by atoms with Crippen LogP contribution >= 0.6 is 0 Å². The summed E-state index contributed by atoms with van der Waals surface area (Å²) < 4.78 is 0. The van der Waals surface area contributed by atoms with Crippen molar-refractivity contribution in [3.8, 4) is 0 Å². The Balaban J connectivity index is 1.34. The van der Waals surface area contributed by atoms with E-state index in [1.807, 2.05) is 13.8 Å². The molecule has 0 heterocycles. The number of carbonyl (C=O) groups excluding carboxylic acids is 1. The lowest BCUT2D eigenvalue weighted by Crippen LogP contribution is -2.62. The van der Waals surface area contributed by atoms with E-state index in [-0.39, 0.29) is 40.9 Å². The molecule has 256 valence electrons. The van der Waals surface area contributed by atoms with Crippen LogP contribution in [-0.4, -0.2) is 84.6 Å². The Kier molecular flexibility index (Phi) is 13.0. The quantitative estimate of drug-likeness (QED) is 0.144. The number of nitrogens with two attached hydrogens (primary N) is 2. The Bertz CT molecular complexity index is 897. The fourth-order valence-corrected chi connectivity index (χ4v) is 10.9. The van der Waals surface area contributed by atoms with Gasteiger partial charge in [0.1, 0.15) is 0 Å².